The Bertz CT molecular complexity index is 671. The van der Waals surface area contributed by atoms with Crippen molar-refractivity contribution in [1.82, 2.24) is 25.0 Å². The quantitative estimate of drug-likeness (QED) is 0.568. The van der Waals surface area contributed by atoms with Crippen LogP contribution in [0.3, 0.4) is 0 Å². The van der Waals surface area contributed by atoms with E-state index in [1.165, 1.54) is 13.4 Å². The van der Waals surface area contributed by atoms with Crippen LogP contribution in [0.5, 0.6) is 0 Å². The molecule has 3 rings (SSSR count). The highest BCUT2D eigenvalue weighted by Gasteiger charge is 2.43. The molecule has 2 aromatic rings. The van der Waals surface area contributed by atoms with Crippen LogP contribution in [0.4, 0.5) is 5.82 Å². The molecule has 0 saturated heterocycles. The molecule has 1 aliphatic rings. The van der Waals surface area contributed by atoms with Gasteiger partial charge in [-0.1, -0.05) is 0 Å². The number of nitrogen functional groups attached to an aromatic ring is 1. The third-order valence-corrected chi connectivity index (χ3v) is 4.31. The van der Waals surface area contributed by atoms with Crippen molar-refractivity contribution < 1.29 is 13.7 Å². The topological polar surface area (TPSA) is 117 Å². The molecule has 0 radical (unpaired) electrons. The second-order valence-electron chi connectivity index (χ2n) is 5.18. The van der Waals surface area contributed by atoms with Crippen molar-refractivity contribution in [2.24, 2.45) is 5.41 Å². The highest BCUT2D eigenvalue weighted by atomic mass is 31.1. The lowest BCUT2D eigenvalue weighted by Crippen LogP contribution is -2.26. The SMILES string of the molecule is CO[PH](=O)ONCC1(Cn2cnc3c(N)ncnc32)CC1. The number of aromatic nitrogens is 4. The Labute approximate surface area is 121 Å². The van der Waals surface area contributed by atoms with Crippen LogP contribution < -0.4 is 11.2 Å². The highest BCUT2D eigenvalue weighted by molar-refractivity contribution is 7.33. The summed E-state index contributed by atoms with van der Waals surface area (Å²) in [5.74, 6) is 0.378. The van der Waals surface area contributed by atoms with E-state index in [0.29, 0.717) is 17.9 Å². The first kappa shape index (κ1) is 14.4. The minimum atomic E-state index is -2.44. The zero-order valence-corrected chi connectivity index (χ0v) is 12.6. The molecule has 0 amide bonds. The Hall–Kier alpha value is -1.54. The summed E-state index contributed by atoms with van der Waals surface area (Å²) < 4.78 is 22.5. The molecule has 1 fully saturated rings. The number of hydrogen-bond acceptors (Lipinski definition) is 8. The van der Waals surface area contributed by atoms with Crippen LogP contribution in [0.25, 0.3) is 11.2 Å². The molecule has 1 aliphatic carbocycles. The van der Waals surface area contributed by atoms with Crippen molar-refractivity contribution in [3.8, 4) is 0 Å². The average molecular weight is 312 g/mol. The number of fused-ring (bicyclic) bond motifs is 1. The van der Waals surface area contributed by atoms with E-state index in [2.05, 4.69) is 25.0 Å². The van der Waals surface area contributed by atoms with Gasteiger partial charge in [-0.25, -0.2) is 19.6 Å². The fourth-order valence-corrected chi connectivity index (χ4v) is 2.51. The summed E-state index contributed by atoms with van der Waals surface area (Å²) in [5.41, 5.74) is 9.89. The molecule has 1 unspecified atom stereocenters. The minimum Gasteiger partial charge on any atom is -0.382 e. The molecular formula is C11H17N6O3P. The summed E-state index contributed by atoms with van der Waals surface area (Å²) in [6.45, 7) is 1.33. The van der Waals surface area contributed by atoms with Gasteiger partial charge in [0, 0.05) is 25.6 Å². The lowest BCUT2D eigenvalue weighted by atomic mass is 10.1. The van der Waals surface area contributed by atoms with E-state index < -0.39 is 8.25 Å². The Balaban J connectivity index is 1.67. The smallest absolute Gasteiger partial charge is 0.335 e. The number of imidazole rings is 1. The number of anilines is 1. The second kappa shape index (κ2) is 5.69. The van der Waals surface area contributed by atoms with Crippen LogP contribution in [0.2, 0.25) is 0 Å². The number of nitrogens with two attached hydrogens (primary N) is 1. The molecule has 21 heavy (non-hydrogen) atoms. The molecule has 10 heteroatoms. The number of nitrogens with zero attached hydrogens (tertiary/aromatic N) is 4. The number of hydroxylamine groups is 1. The third-order valence-electron chi connectivity index (χ3n) is 3.66. The van der Waals surface area contributed by atoms with Gasteiger partial charge in [-0.15, -0.1) is 0 Å². The molecule has 0 spiro atoms. The first-order valence-electron chi connectivity index (χ1n) is 6.52. The predicted molar refractivity (Wildman–Crippen MR) is 76.5 cm³/mol. The standard InChI is InChI=1S/C11H17N6O3P/c1-19-21(18)20-16-4-11(2-3-11)5-17-7-15-8-9(12)13-6-14-10(8)17/h6-7,16,21H,2-5H2,1H3,(H2,12,13,14). The van der Waals surface area contributed by atoms with Crippen LogP contribution in [0.15, 0.2) is 12.7 Å². The lowest BCUT2D eigenvalue weighted by Gasteiger charge is -2.16. The van der Waals surface area contributed by atoms with Crippen LogP contribution in [-0.2, 0) is 20.3 Å². The summed E-state index contributed by atoms with van der Waals surface area (Å²) in [5, 5.41) is 0. The summed E-state index contributed by atoms with van der Waals surface area (Å²) in [7, 11) is -1.10. The van der Waals surface area contributed by atoms with Crippen LogP contribution >= 0.6 is 8.25 Å². The molecule has 1 atom stereocenters. The van der Waals surface area contributed by atoms with Gasteiger partial charge in [-0.05, 0) is 12.8 Å². The Morgan fingerprint density at radius 1 is 1.48 bits per heavy atom. The monoisotopic (exact) mass is 312 g/mol. The molecule has 0 bridgehead atoms. The van der Waals surface area contributed by atoms with E-state index in [1.807, 2.05) is 4.57 Å². The highest BCUT2D eigenvalue weighted by Crippen LogP contribution is 2.47. The van der Waals surface area contributed by atoms with E-state index in [9.17, 15) is 4.57 Å². The first-order valence-corrected chi connectivity index (χ1v) is 7.75. The fourth-order valence-electron chi connectivity index (χ4n) is 2.23. The Morgan fingerprint density at radius 3 is 3.00 bits per heavy atom. The Morgan fingerprint density at radius 2 is 2.29 bits per heavy atom. The molecule has 0 aromatic carbocycles. The molecule has 2 aromatic heterocycles. The summed E-state index contributed by atoms with van der Waals surface area (Å²) in [6.07, 6.45) is 5.26. The molecular weight excluding hydrogens is 295 g/mol. The summed E-state index contributed by atoms with van der Waals surface area (Å²) in [4.78, 5) is 12.4. The van der Waals surface area contributed by atoms with Gasteiger partial charge in [0.2, 0.25) is 0 Å². The van der Waals surface area contributed by atoms with Gasteiger partial charge in [0.1, 0.15) is 11.8 Å². The molecule has 1 saturated carbocycles. The Kier molecular flexibility index (Phi) is 3.90. The van der Waals surface area contributed by atoms with Crippen molar-refractivity contribution in [3.63, 3.8) is 0 Å². The van der Waals surface area contributed by atoms with E-state index in [0.717, 1.165) is 25.0 Å². The van der Waals surface area contributed by atoms with Crippen LogP contribution in [0.1, 0.15) is 12.8 Å². The van der Waals surface area contributed by atoms with Crippen LogP contribution in [-0.4, -0.2) is 33.2 Å². The van der Waals surface area contributed by atoms with E-state index in [-0.39, 0.29) is 5.41 Å². The van der Waals surface area contributed by atoms with E-state index >= 15 is 0 Å². The van der Waals surface area contributed by atoms with E-state index in [1.54, 1.807) is 6.33 Å². The van der Waals surface area contributed by atoms with Crippen molar-refractivity contribution in [2.75, 3.05) is 19.4 Å². The summed E-state index contributed by atoms with van der Waals surface area (Å²) in [6, 6.07) is 0. The minimum absolute atomic E-state index is 0.0588. The zero-order chi connectivity index (χ0) is 14.9. The van der Waals surface area contributed by atoms with Gasteiger partial charge >= 0.3 is 8.25 Å². The number of hydrogen-bond donors (Lipinski definition) is 2. The first-order chi connectivity index (χ1) is 10.1. The predicted octanol–water partition coefficient (Wildman–Crippen LogP) is 0.746. The molecule has 2 heterocycles. The molecule has 9 nitrogen and oxygen atoms in total. The van der Waals surface area contributed by atoms with Crippen molar-refractivity contribution >= 4 is 25.2 Å². The van der Waals surface area contributed by atoms with Gasteiger partial charge in [0.05, 0.1) is 6.33 Å². The van der Waals surface area contributed by atoms with Gasteiger partial charge < -0.3 is 14.8 Å². The van der Waals surface area contributed by atoms with Gasteiger partial charge in [0.25, 0.3) is 0 Å². The molecule has 3 N–H and O–H groups in total. The maximum atomic E-state index is 11.1. The largest absolute Gasteiger partial charge is 0.382 e. The van der Waals surface area contributed by atoms with Crippen molar-refractivity contribution in [2.45, 2.75) is 19.4 Å². The molecule has 114 valence electrons. The van der Waals surface area contributed by atoms with Gasteiger partial charge in [-0.3, -0.25) is 4.57 Å². The van der Waals surface area contributed by atoms with E-state index in [4.69, 9.17) is 10.4 Å². The third kappa shape index (κ3) is 3.06. The van der Waals surface area contributed by atoms with Crippen molar-refractivity contribution in [1.29, 1.82) is 0 Å². The summed E-state index contributed by atoms with van der Waals surface area (Å²) >= 11 is 0. The zero-order valence-electron chi connectivity index (χ0n) is 11.6. The maximum Gasteiger partial charge on any atom is 0.335 e. The van der Waals surface area contributed by atoms with Gasteiger partial charge in [0.15, 0.2) is 11.5 Å². The van der Waals surface area contributed by atoms with Crippen molar-refractivity contribution in [3.05, 3.63) is 12.7 Å². The molecule has 0 aliphatic heterocycles. The number of rotatable bonds is 7. The van der Waals surface area contributed by atoms with Gasteiger partial charge in [-0.2, -0.15) is 5.48 Å². The maximum absolute atomic E-state index is 11.1. The lowest BCUT2D eigenvalue weighted by molar-refractivity contribution is 0.146. The average Bonchev–Trinajstić information content (AvgIpc) is 3.12. The fraction of sp³-hybridized carbons (Fsp3) is 0.545. The van der Waals surface area contributed by atoms with Crippen LogP contribution in [0, 0.1) is 5.41 Å². The second-order valence-corrected chi connectivity index (χ2v) is 6.29. The number of nitrogens with one attached hydrogen (secondary N) is 1. The normalized spacial score (nSPS) is 18.0.